The van der Waals surface area contributed by atoms with Gasteiger partial charge < -0.3 is 0 Å². The van der Waals surface area contributed by atoms with Crippen molar-refractivity contribution in [2.75, 3.05) is 5.88 Å². The number of hydrogen-bond acceptors (Lipinski definition) is 1. The molecule has 3 aromatic rings. The number of rotatable bonds is 3. The molecule has 0 aliphatic rings. The van der Waals surface area contributed by atoms with Crippen molar-refractivity contribution in [1.29, 1.82) is 0 Å². The molecule has 0 radical (unpaired) electrons. The summed E-state index contributed by atoms with van der Waals surface area (Å²) in [5, 5.41) is 0. The average Bonchev–Trinajstić information content (AvgIpc) is 2.79. The molecule has 2 nitrogen and oxygen atoms in total. The minimum atomic E-state index is 0.561. The molecule has 0 saturated heterocycles. The Bertz CT molecular complexity index is 808. The number of benzene rings is 2. The molecule has 0 saturated carbocycles. The van der Waals surface area contributed by atoms with Crippen LogP contribution in [0.5, 0.6) is 0 Å². The van der Waals surface area contributed by atoms with E-state index in [1.54, 1.807) is 0 Å². The minimum Gasteiger partial charge on any atom is -0.295 e. The molecule has 21 heavy (non-hydrogen) atoms. The number of imidazole rings is 1. The minimum absolute atomic E-state index is 0.561. The van der Waals surface area contributed by atoms with Crippen LogP contribution < -0.4 is 0 Å². The Morgan fingerprint density at radius 3 is 2.57 bits per heavy atom. The Morgan fingerprint density at radius 1 is 1.10 bits per heavy atom. The molecular formula is C17H16BrClN2. The number of halogens is 2. The summed E-state index contributed by atoms with van der Waals surface area (Å²) in [6.07, 6.45) is 0.746. The van der Waals surface area contributed by atoms with Gasteiger partial charge in [-0.15, -0.1) is 11.6 Å². The van der Waals surface area contributed by atoms with Gasteiger partial charge in [0.2, 0.25) is 0 Å². The molecule has 0 spiro atoms. The van der Waals surface area contributed by atoms with Crippen molar-refractivity contribution in [2.24, 2.45) is 0 Å². The van der Waals surface area contributed by atoms with Gasteiger partial charge in [0.1, 0.15) is 5.82 Å². The zero-order chi connectivity index (χ0) is 15.0. The van der Waals surface area contributed by atoms with Crippen molar-refractivity contribution in [2.45, 2.75) is 20.3 Å². The topological polar surface area (TPSA) is 17.8 Å². The van der Waals surface area contributed by atoms with Gasteiger partial charge in [0, 0.05) is 16.8 Å². The predicted octanol–water partition coefficient (Wildman–Crippen LogP) is 5.19. The predicted molar refractivity (Wildman–Crippen MR) is 92.7 cm³/mol. The zero-order valence-corrected chi connectivity index (χ0v) is 14.4. The fourth-order valence-corrected chi connectivity index (χ4v) is 3.15. The molecule has 0 N–H and O–H groups in total. The molecule has 108 valence electrons. The van der Waals surface area contributed by atoms with Crippen molar-refractivity contribution >= 4 is 38.6 Å². The summed E-state index contributed by atoms with van der Waals surface area (Å²) in [6, 6.07) is 12.7. The van der Waals surface area contributed by atoms with Crippen LogP contribution in [0.15, 0.2) is 40.9 Å². The van der Waals surface area contributed by atoms with Gasteiger partial charge in [-0.25, -0.2) is 4.98 Å². The number of hydrogen-bond donors (Lipinski definition) is 0. The van der Waals surface area contributed by atoms with E-state index in [9.17, 15) is 0 Å². The monoisotopic (exact) mass is 362 g/mol. The third-order valence-corrected chi connectivity index (χ3v) is 4.40. The highest BCUT2D eigenvalue weighted by Crippen LogP contribution is 2.29. The quantitative estimate of drug-likeness (QED) is 0.586. The van der Waals surface area contributed by atoms with Crippen molar-refractivity contribution in [3.63, 3.8) is 0 Å². The van der Waals surface area contributed by atoms with Crippen LogP contribution in [0.2, 0.25) is 0 Å². The van der Waals surface area contributed by atoms with E-state index < -0.39 is 0 Å². The smallest absolute Gasteiger partial charge is 0.115 e. The SMILES string of the molecule is Cc1ccc(Br)c(-n2c(CCCl)nc3cc(C)ccc32)c1. The molecule has 0 bridgehead atoms. The van der Waals surface area contributed by atoms with E-state index in [0.29, 0.717) is 5.88 Å². The van der Waals surface area contributed by atoms with Crippen LogP contribution in [-0.2, 0) is 6.42 Å². The second-order valence-electron chi connectivity index (χ2n) is 5.25. The molecule has 1 heterocycles. The normalized spacial score (nSPS) is 11.2. The summed E-state index contributed by atoms with van der Waals surface area (Å²) in [5.41, 5.74) is 5.68. The highest BCUT2D eigenvalue weighted by molar-refractivity contribution is 9.10. The molecule has 0 unspecified atom stereocenters. The molecule has 0 fully saturated rings. The standard InChI is InChI=1S/C17H16BrClN2/c1-11-4-6-15-14(9-11)20-17(7-8-19)21(15)16-10-12(2)3-5-13(16)18/h3-6,9-10H,7-8H2,1-2H3. The lowest BCUT2D eigenvalue weighted by atomic mass is 10.2. The van der Waals surface area contributed by atoms with Crippen LogP contribution in [0.3, 0.4) is 0 Å². The van der Waals surface area contributed by atoms with E-state index in [1.807, 2.05) is 0 Å². The third-order valence-electron chi connectivity index (χ3n) is 3.54. The first-order valence-electron chi connectivity index (χ1n) is 6.90. The van der Waals surface area contributed by atoms with Gasteiger partial charge in [0.05, 0.1) is 16.7 Å². The second-order valence-corrected chi connectivity index (χ2v) is 6.48. The largest absolute Gasteiger partial charge is 0.295 e. The van der Waals surface area contributed by atoms with Gasteiger partial charge in [-0.05, 0) is 65.2 Å². The van der Waals surface area contributed by atoms with Crippen LogP contribution in [0.1, 0.15) is 17.0 Å². The molecule has 0 aliphatic carbocycles. The van der Waals surface area contributed by atoms with E-state index in [2.05, 4.69) is 70.7 Å². The average molecular weight is 364 g/mol. The summed E-state index contributed by atoms with van der Waals surface area (Å²) in [5.74, 6) is 1.56. The lowest BCUT2D eigenvalue weighted by Crippen LogP contribution is -2.03. The van der Waals surface area contributed by atoms with Gasteiger partial charge in [-0.1, -0.05) is 12.1 Å². The van der Waals surface area contributed by atoms with E-state index >= 15 is 0 Å². The Kier molecular flexibility index (Phi) is 4.05. The maximum Gasteiger partial charge on any atom is 0.115 e. The Hall–Kier alpha value is -1.32. The van der Waals surface area contributed by atoms with E-state index in [-0.39, 0.29) is 0 Å². The maximum atomic E-state index is 5.96. The van der Waals surface area contributed by atoms with Gasteiger partial charge in [0.15, 0.2) is 0 Å². The molecular weight excluding hydrogens is 348 g/mol. The third kappa shape index (κ3) is 2.72. The van der Waals surface area contributed by atoms with Gasteiger partial charge in [-0.2, -0.15) is 0 Å². The molecule has 1 aromatic heterocycles. The number of nitrogens with zero attached hydrogens (tertiary/aromatic N) is 2. The van der Waals surface area contributed by atoms with E-state index in [4.69, 9.17) is 16.6 Å². The second kappa shape index (κ2) is 5.82. The van der Waals surface area contributed by atoms with Crippen LogP contribution in [0.25, 0.3) is 16.7 Å². The molecule has 0 aliphatic heterocycles. The van der Waals surface area contributed by atoms with E-state index in [1.165, 1.54) is 11.1 Å². The lowest BCUT2D eigenvalue weighted by molar-refractivity contribution is 0.908. The van der Waals surface area contributed by atoms with Crippen molar-refractivity contribution in [3.05, 3.63) is 57.8 Å². The first kappa shape index (κ1) is 14.6. The Labute approximate surface area is 137 Å². The van der Waals surface area contributed by atoms with Gasteiger partial charge in [0.25, 0.3) is 0 Å². The van der Waals surface area contributed by atoms with Gasteiger partial charge >= 0.3 is 0 Å². The van der Waals surface area contributed by atoms with Crippen LogP contribution >= 0.6 is 27.5 Å². The van der Waals surface area contributed by atoms with Crippen LogP contribution in [0.4, 0.5) is 0 Å². The lowest BCUT2D eigenvalue weighted by Gasteiger charge is -2.12. The van der Waals surface area contributed by atoms with Crippen LogP contribution in [-0.4, -0.2) is 15.4 Å². The van der Waals surface area contributed by atoms with Crippen molar-refractivity contribution in [1.82, 2.24) is 9.55 Å². The van der Waals surface area contributed by atoms with Crippen molar-refractivity contribution in [3.8, 4) is 5.69 Å². The fourth-order valence-electron chi connectivity index (χ4n) is 2.56. The summed E-state index contributed by atoms with van der Waals surface area (Å²) < 4.78 is 3.26. The Balaban J connectivity index is 2.33. The maximum absolute atomic E-state index is 5.96. The number of fused-ring (bicyclic) bond motifs is 1. The fraction of sp³-hybridized carbons (Fsp3) is 0.235. The first-order valence-corrected chi connectivity index (χ1v) is 8.23. The number of alkyl halides is 1. The summed E-state index contributed by atoms with van der Waals surface area (Å²) in [7, 11) is 0. The molecule has 2 aromatic carbocycles. The highest BCUT2D eigenvalue weighted by atomic mass is 79.9. The molecule has 4 heteroatoms. The summed E-state index contributed by atoms with van der Waals surface area (Å²) in [4.78, 5) is 4.77. The molecule has 0 amide bonds. The molecule has 3 rings (SSSR count). The zero-order valence-electron chi connectivity index (χ0n) is 12.0. The molecule has 0 atom stereocenters. The Morgan fingerprint density at radius 2 is 1.81 bits per heavy atom. The first-order chi connectivity index (χ1) is 10.1. The van der Waals surface area contributed by atoms with E-state index in [0.717, 1.165) is 33.4 Å². The highest BCUT2D eigenvalue weighted by Gasteiger charge is 2.14. The van der Waals surface area contributed by atoms with Crippen LogP contribution in [0, 0.1) is 13.8 Å². The summed E-state index contributed by atoms with van der Waals surface area (Å²) in [6.45, 7) is 4.18. The van der Waals surface area contributed by atoms with Gasteiger partial charge in [-0.3, -0.25) is 4.57 Å². The number of aromatic nitrogens is 2. The number of aryl methyl sites for hydroxylation is 3. The summed E-state index contributed by atoms with van der Waals surface area (Å²) >= 11 is 9.62. The van der Waals surface area contributed by atoms with Crippen molar-refractivity contribution < 1.29 is 0 Å².